The summed E-state index contributed by atoms with van der Waals surface area (Å²) in [6, 6.07) is 10.4. The number of hydrogen-bond donors (Lipinski definition) is 2. The fourth-order valence-corrected chi connectivity index (χ4v) is 4.13. The Kier molecular flexibility index (Phi) is 4.62. The van der Waals surface area contributed by atoms with Crippen LogP contribution in [0.3, 0.4) is 0 Å². The summed E-state index contributed by atoms with van der Waals surface area (Å²) in [6.07, 6.45) is 3.65. The minimum atomic E-state index is -0.965. The molecule has 0 radical (unpaired) electrons. The fourth-order valence-electron chi connectivity index (χ4n) is 4.13. The monoisotopic (exact) mass is 351 g/mol. The van der Waals surface area contributed by atoms with Gasteiger partial charge in [0.05, 0.1) is 17.1 Å². The molecule has 0 bridgehead atoms. The molecule has 1 aliphatic carbocycles. The quantitative estimate of drug-likeness (QED) is 0.840. The predicted molar refractivity (Wildman–Crippen MR) is 101 cm³/mol. The Hall–Kier alpha value is -2.61. The lowest BCUT2D eigenvalue weighted by atomic mass is 9.81. The summed E-state index contributed by atoms with van der Waals surface area (Å²) in [6.45, 7) is 6.26. The van der Waals surface area contributed by atoms with E-state index in [4.69, 9.17) is 5.26 Å². The summed E-state index contributed by atoms with van der Waals surface area (Å²) in [7, 11) is 0. The van der Waals surface area contributed by atoms with Gasteiger partial charge in [-0.05, 0) is 53.9 Å². The van der Waals surface area contributed by atoms with Gasteiger partial charge in [0, 0.05) is 18.0 Å². The van der Waals surface area contributed by atoms with Crippen LogP contribution in [0, 0.1) is 22.7 Å². The number of carboxylic acid groups (broad SMARTS) is 1. The van der Waals surface area contributed by atoms with Crippen molar-refractivity contribution in [3.8, 4) is 6.07 Å². The van der Waals surface area contributed by atoms with Crippen LogP contribution in [0.2, 0.25) is 0 Å². The van der Waals surface area contributed by atoms with Crippen molar-refractivity contribution in [1.82, 2.24) is 10.3 Å². The highest BCUT2D eigenvalue weighted by atomic mass is 16.4. The first-order valence-electron chi connectivity index (χ1n) is 9.01. The van der Waals surface area contributed by atoms with Gasteiger partial charge < -0.3 is 10.4 Å². The van der Waals surface area contributed by atoms with Crippen LogP contribution in [0.15, 0.2) is 30.5 Å². The molecule has 0 aliphatic heterocycles. The highest BCUT2D eigenvalue weighted by molar-refractivity contribution is 5.82. The summed E-state index contributed by atoms with van der Waals surface area (Å²) < 4.78 is 0. The van der Waals surface area contributed by atoms with E-state index < -0.39 is 11.6 Å². The number of aromatic nitrogens is 1. The topological polar surface area (TPSA) is 86.0 Å². The maximum absolute atomic E-state index is 11.3. The molecule has 2 unspecified atom stereocenters. The molecule has 3 rings (SSSR count). The van der Waals surface area contributed by atoms with E-state index >= 15 is 0 Å². The van der Waals surface area contributed by atoms with E-state index in [1.165, 1.54) is 0 Å². The molecule has 1 saturated carbocycles. The number of nitrogens with zero attached hydrogens (tertiary/aromatic N) is 2. The van der Waals surface area contributed by atoms with E-state index in [2.05, 4.69) is 49.3 Å². The molecule has 26 heavy (non-hydrogen) atoms. The SMILES string of the molecule is CC(C)(C)C1(NC(=O)O)CC1Cc1cc(CCC#N)cc2cccnc12. The third-order valence-corrected chi connectivity index (χ3v) is 5.61. The first kappa shape index (κ1) is 18.2. The molecule has 1 heterocycles. The molecule has 1 amide bonds. The van der Waals surface area contributed by atoms with Crippen LogP contribution in [0.25, 0.3) is 10.9 Å². The van der Waals surface area contributed by atoms with Gasteiger partial charge in [-0.2, -0.15) is 5.26 Å². The minimum Gasteiger partial charge on any atom is -0.465 e. The Balaban J connectivity index is 1.93. The molecule has 2 atom stereocenters. The summed E-state index contributed by atoms with van der Waals surface area (Å²) in [5.74, 6) is 0.245. The Morgan fingerprint density at radius 1 is 1.46 bits per heavy atom. The Morgan fingerprint density at radius 2 is 2.23 bits per heavy atom. The van der Waals surface area contributed by atoms with Crippen molar-refractivity contribution in [3.05, 3.63) is 41.6 Å². The highest BCUT2D eigenvalue weighted by Gasteiger charge is 2.61. The summed E-state index contributed by atoms with van der Waals surface area (Å²) in [5.41, 5.74) is 2.69. The molecule has 5 heteroatoms. The van der Waals surface area contributed by atoms with Crippen LogP contribution in [0.5, 0.6) is 0 Å². The van der Waals surface area contributed by atoms with Gasteiger partial charge in [0.15, 0.2) is 0 Å². The zero-order valence-electron chi connectivity index (χ0n) is 15.5. The van der Waals surface area contributed by atoms with Crippen LogP contribution in [-0.4, -0.2) is 21.7 Å². The number of fused-ring (bicyclic) bond motifs is 1. The number of rotatable bonds is 5. The van der Waals surface area contributed by atoms with Crippen molar-refractivity contribution in [2.45, 2.75) is 52.0 Å². The summed E-state index contributed by atoms with van der Waals surface area (Å²) in [4.78, 5) is 15.9. The van der Waals surface area contributed by atoms with E-state index in [1.807, 2.05) is 12.1 Å². The van der Waals surface area contributed by atoms with E-state index in [0.29, 0.717) is 6.42 Å². The molecule has 5 nitrogen and oxygen atoms in total. The van der Waals surface area contributed by atoms with Gasteiger partial charge in [-0.1, -0.05) is 32.9 Å². The Bertz CT molecular complexity index is 879. The lowest BCUT2D eigenvalue weighted by Gasteiger charge is -2.32. The number of hydrogen-bond acceptors (Lipinski definition) is 3. The standard InChI is InChI=1S/C21H25N3O2/c1-20(2,3)21(24-19(25)26)13-17(21)12-16-11-14(6-4-8-22)10-15-7-5-9-23-18(15)16/h5,7,9-11,17,24H,4,6,12-13H2,1-3H3,(H,25,26). The Labute approximate surface area is 154 Å². The van der Waals surface area contributed by atoms with Gasteiger partial charge in [0.25, 0.3) is 0 Å². The predicted octanol–water partition coefficient (Wildman–Crippen LogP) is 4.31. The molecule has 2 aromatic rings. The normalized spacial score (nSPS) is 22.0. The molecule has 1 aliphatic rings. The van der Waals surface area contributed by atoms with Crippen LogP contribution in [0.1, 0.15) is 44.7 Å². The Morgan fingerprint density at radius 3 is 2.88 bits per heavy atom. The molecule has 1 aromatic heterocycles. The number of amides is 1. The number of nitriles is 1. The second-order valence-corrected chi connectivity index (χ2v) is 8.24. The second-order valence-electron chi connectivity index (χ2n) is 8.24. The third-order valence-electron chi connectivity index (χ3n) is 5.61. The largest absolute Gasteiger partial charge is 0.465 e. The van der Waals surface area contributed by atoms with Gasteiger partial charge >= 0.3 is 6.09 Å². The zero-order chi connectivity index (χ0) is 18.9. The van der Waals surface area contributed by atoms with Gasteiger partial charge in [0.2, 0.25) is 0 Å². The first-order valence-corrected chi connectivity index (χ1v) is 9.01. The molecule has 0 saturated heterocycles. The molecule has 0 spiro atoms. The van der Waals surface area contributed by atoms with Crippen molar-refractivity contribution < 1.29 is 9.90 Å². The van der Waals surface area contributed by atoms with Crippen molar-refractivity contribution in [2.75, 3.05) is 0 Å². The van der Waals surface area contributed by atoms with Gasteiger partial charge in [-0.3, -0.25) is 4.98 Å². The van der Waals surface area contributed by atoms with E-state index in [9.17, 15) is 9.90 Å². The highest BCUT2D eigenvalue weighted by Crippen LogP contribution is 2.56. The molecule has 2 N–H and O–H groups in total. The van der Waals surface area contributed by atoms with Crippen molar-refractivity contribution in [3.63, 3.8) is 0 Å². The van der Waals surface area contributed by atoms with Gasteiger partial charge in [-0.15, -0.1) is 0 Å². The van der Waals surface area contributed by atoms with Crippen LogP contribution in [-0.2, 0) is 12.8 Å². The zero-order valence-corrected chi connectivity index (χ0v) is 15.5. The number of aryl methyl sites for hydroxylation is 1. The van der Waals surface area contributed by atoms with Gasteiger partial charge in [0.1, 0.15) is 0 Å². The molecule has 1 aromatic carbocycles. The fraction of sp³-hybridized carbons (Fsp3) is 0.476. The smallest absolute Gasteiger partial charge is 0.405 e. The van der Waals surface area contributed by atoms with Crippen molar-refractivity contribution in [2.24, 2.45) is 11.3 Å². The first-order chi connectivity index (χ1) is 12.3. The van der Waals surface area contributed by atoms with Crippen molar-refractivity contribution >= 4 is 17.0 Å². The number of pyridine rings is 1. The van der Waals surface area contributed by atoms with Crippen LogP contribution in [0.4, 0.5) is 4.79 Å². The number of carbonyl (C=O) groups is 1. The van der Waals surface area contributed by atoms with E-state index in [0.717, 1.165) is 41.3 Å². The van der Waals surface area contributed by atoms with Crippen LogP contribution < -0.4 is 5.32 Å². The third kappa shape index (κ3) is 3.37. The second kappa shape index (κ2) is 6.60. The maximum Gasteiger partial charge on any atom is 0.405 e. The maximum atomic E-state index is 11.3. The lowest BCUT2D eigenvalue weighted by Crippen LogP contribution is -2.47. The van der Waals surface area contributed by atoms with E-state index in [-0.39, 0.29) is 11.3 Å². The van der Waals surface area contributed by atoms with Crippen molar-refractivity contribution in [1.29, 1.82) is 5.26 Å². The lowest BCUT2D eigenvalue weighted by molar-refractivity contribution is 0.163. The summed E-state index contributed by atoms with van der Waals surface area (Å²) >= 11 is 0. The molecule has 1 fully saturated rings. The molecular formula is C21H25N3O2. The molecule has 136 valence electrons. The minimum absolute atomic E-state index is 0.155. The number of benzene rings is 1. The number of nitrogens with one attached hydrogen (secondary N) is 1. The summed E-state index contributed by atoms with van der Waals surface area (Å²) in [5, 5.41) is 22.0. The van der Waals surface area contributed by atoms with Gasteiger partial charge in [-0.25, -0.2) is 4.79 Å². The average Bonchev–Trinajstić information content (AvgIpc) is 3.25. The molecular weight excluding hydrogens is 326 g/mol. The van der Waals surface area contributed by atoms with Crippen LogP contribution >= 0.6 is 0 Å². The van der Waals surface area contributed by atoms with E-state index in [1.54, 1.807) is 6.20 Å². The average molecular weight is 351 g/mol.